The molecular weight excluding hydrogens is 524 g/mol. The number of rotatable bonds is 8. The van der Waals surface area contributed by atoms with E-state index in [1.54, 1.807) is 30.3 Å². The number of halogens is 2. The van der Waals surface area contributed by atoms with Crippen LogP contribution >= 0.6 is 0 Å². The van der Waals surface area contributed by atoms with Crippen LogP contribution in [-0.2, 0) is 16.1 Å². The maximum Gasteiger partial charge on any atom is 0.327 e. The van der Waals surface area contributed by atoms with Gasteiger partial charge in [-0.1, -0.05) is 23.4 Å². The van der Waals surface area contributed by atoms with Crippen molar-refractivity contribution in [2.75, 3.05) is 31.3 Å². The molecule has 4 heterocycles. The molecule has 1 aliphatic rings. The number of anilines is 1. The Bertz CT molecular complexity index is 1490. The second-order valence-corrected chi connectivity index (χ2v) is 10.4. The first-order valence-electron chi connectivity index (χ1n) is 12.7. The lowest BCUT2D eigenvalue weighted by molar-refractivity contribution is -0.140. The predicted molar refractivity (Wildman–Crippen MR) is 140 cm³/mol. The molecule has 0 saturated carbocycles. The van der Waals surface area contributed by atoms with E-state index in [4.69, 9.17) is 9.26 Å². The molecule has 0 radical (unpaired) electrons. The minimum Gasteiger partial charge on any atom is -0.480 e. The summed E-state index contributed by atoms with van der Waals surface area (Å²) >= 11 is 0. The van der Waals surface area contributed by atoms with Crippen LogP contribution in [0, 0.1) is 11.6 Å². The average Bonchev–Trinajstić information content (AvgIpc) is 3.59. The number of hydrogen-bond donors (Lipinski definition) is 1. The smallest absolute Gasteiger partial charge is 0.327 e. The van der Waals surface area contributed by atoms with Gasteiger partial charge in [0.2, 0.25) is 0 Å². The summed E-state index contributed by atoms with van der Waals surface area (Å²) in [5.41, 5.74) is 1.26. The van der Waals surface area contributed by atoms with E-state index in [-0.39, 0.29) is 49.3 Å². The Kier molecular flexibility index (Phi) is 7.59. The lowest BCUT2D eigenvalue weighted by Gasteiger charge is -2.40. The van der Waals surface area contributed by atoms with Crippen molar-refractivity contribution < 1.29 is 27.9 Å². The van der Waals surface area contributed by atoms with E-state index in [1.807, 2.05) is 25.7 Å². The number of carboxylic acids is 1. The highest BCUT2D eigenvalue weighted by molar-refractivity contribution is 5.78. The zero-order chi connectivity index (χ0) is 28.4. The first-order chi connectivity index (χ1) is 19.1. The van der Waals surface area contributed by atoms with Gasteiger partial charge in [-0.3, -0.25) is 9.58 Å². The van der Waals surface area contributed by atoms with Crippen molar-refractivity contribution in [1.29, 1.82) is 0 Å². The standard InChI is InChI=1S/C27H29F2N7O4/c1-27(2,3)39-16-34-9-10-35(23(15-34)26(37)38)25-19(29)13-30-24(31-25)21-12-22(20-8-11-40-33-20)36(32-21)14-17-6-4-5-7-18(17)28/h4-8,11-13,23H,9-10,14-16H2,1-3H3,(H,37,38). The third-order valence-corrected chi connectivity index (χ3v) is 6.41. The SMILES string of the molecule is CC(C)(C)OCN1CCN(c2nc(-c3cc(-c4ccon4)n(Cc4ccccc4F)n3)ncc2F)C(C(=O)O)C1. The summed E-state index contributed by atoms with van der Waals surface area (Å²) in [6, 6.07) is 8.55. The monoisotopic (exact) mass is 553 g/mol. The van der Waals surface area contributed by atoms with Crippen LogP contribution in [0.15, 0.2) is 53.4 Å². The first kappa shape index (κ1) is 27.3. The van der Waals surface area contributed by atoms with Crippen LogP contribution in [0.1, 0.15) is 26.3 Å². The van der Waals surface area contributed by atoms with Gasteiger partial charge in [0, 0.05) is 31.3 Å². The number of benzene rings is 1. The van der Waals surface area contributed by atoms with Crippen LogP contribution in [0.5, 0.6) is 0 Å². The summed E-state index contributed by atoms with van der Waals surface area (Å²) in [6.07, 6.45) is 2.40. The van der Waals surface area contributed by atoms with E-state index in [9.17, 15) is 14.3 Å². The fourth-order valence-electron chi connectivity index (χ4n) is 4.37. The second-order valence-electron chi connectivity index (χ2n) is 10.4. The molecule has 1 saturated heterocycles. The van der Waals surface area contributed by atoms with Crippen molar-refractivity contribution in [1.82, 2.24) is 29.8 Å². The molecular formula is C27H29F2N7O4. The number of carboxylic acid groups (broad SMARTS) is 1. The summed E-state index contributed by atoms with van der Waals surface area (Å²) in [5.74, 6) is -2.31. The highest BCUT2D eigenvalue weighted by Crippen LogP contribution is 2.28. The lowest BCUT2D eigenvalue weighted by atomic mass is 10.1. The summed E-state index contributed by atoms with van der Waals surface area (Å²) < 4.78 is 41.8. The Morgan fingerprint density at radius 2 is 1.95 bits per heavy atom. The molecule has 210 valence electrons. The Labute approximate surface area is 229 Å². The highest BCUT2D eigenvalue weighted by atomic mass is 19.1. The van der Waals surface area contributed by atoms with Crippen LogP contribution < -0.4 is 4.90 Å². The summed E-state index contributed by atoms with van der Waals surface area (Å²) in [7, 11) is 0. The van der Waals surface area contributed by atoms with Gasteiger partial charge in [-0.25, -0.2) is 23.5 Å². The predicted octanol–water partition coefficient (Wildman–Crippen LogP) is 3.67. The van der Waals surface area contributed by atoms with Crippen molar-refractivity contribution in [2.45, 2.75) is 39.0 Å². The molecule has 13 heteroatoms. The van der Waals surface area contributed by atoms with Crippen LogP contribution in [-0.4, -0.2) is 78.9 Å². The number of aromatic nitrogens is 5. The number of nitrogens with zero attached hydrogens (tertiary/aromatic N) is 7. The Hall–Kier alpha value is -4.23. The quantitative estimate of drug-likeness (QED) is 0.346. The van der Waals surface area contributed by atoms with E-state index in [2.05, 4.69) is 20.2 Å². The third-order valence-electron chi connectivity index (χ3n) is 6.41. The first-order valence-corrected chi connectivity index (χ1v) is 12.7. The van der Waals surface area contributed by atoms with Crippen LogP contribution in [0.3, 0.4) is 0 Å². The summed E-state index contributed by atoms with van der Waals surface area (Å²) in [5, 5.41) is 18.5. The molecule has 1 atom stereocenters. The normalized spacial score (nSPS) is 16.4. The molecule has 1 fully saturated rings. The number of aliphatic carboxylic acids is 1. The zero-order valence-corrected chi connectivity index (χ0v) is 22.3. The number of piperazine rings is 1. The maximum atomic E-state index is 15.1. The molecule has 0 bridgehead atoms. The minimum atomic E-state index is -1.11. The fraction of sp³-hybridized carbons (Fsp3) is 0.370. The molecule has 4 aromatic rings. The van der Waals surface area contributed by atoms with Crippen molar-refractivity contribution in [2.24, 2.45) is 0 Å². The van der Waals surface area contributed by atoms with Crippen LogP contribution in [0.4, 0.5) is 14.6 Å². The van der Waals surface area contributed by atoms with Crippen molar-refractivity contribution in [3.8, 4) is 22.9 Å². The van der Waals surface area contributed by atoms with Gasteiger partial charge in [-0.05, 0) is 32.9 Å². The molecule has 3 aromatic heterocycles. The Morgan fingerprint density at radius 1 is 1.15 bits per heavy atom. The van der Waals surface area contributed by atoms with Gasteiger partial charge < -0.3 is 19.3 Å². The summed E-state index contributed by atoms with van der Waals surface area (Å²) in [6.45, 7) is 6.88. The zero-order valence-electron chi connectivity index (χ0n) is 22.3. The second kappa shape index (κ2) is 11.1. The van der Waals surface area contributed by atoms with Gasteiger partial charge in [0.1, 0.15) is 29.5 Å². The molecule has 1 unspecified atom stereocenters. The topological polar surface area (TPSA) is 123 Å². The molecule has 0 aliphatic carbocycles. The highest BCUT2D eigenvalue weighted by Gasteiger charge is 2.35. The fourth-order valence-corrected chi connectivity index (χ4v) is 4.37. The molecule has 1 aliphatic heterocycles. The molecule has 11 nitrogen and oxygen atoms in total. The Balaban J connectivity index is 1.46. The van der Waals surface area contributed by atoms with Gasteiger partial charge in [-0.2, -0.15) is 5.10 Å². The van der Waals surface area contributed by atoms with Crippen molar-refractivity contribution >= 4 is 11.8 Å². The van der Waals surface area contributed by atoms with Gasteiger partial charge in [0.15, 0.2) is 17.5 Å². The molecule has 1 aromatic carbocycles. The van der Waals surface area contributed by atoms with E-state index in [1.165, 1.54) is 21.9 Å². The van der Waals surface area contributed by atoms with E-state index in [0.29, 0.717) is 23.5 Å². The van der Waals surface area contributed by atoms with Crippen molar-refractivity contribution in [3.05, 3.63) is 66.1 Å². The largest absolute Gasteiger partial charge is 0.480 e. The minimum absolute atomic E-state index is 0.0797. The van der Waals surface area contributed by atoms with E-state index in [0.717, 1.165) is 6.20 Å². The van der Waals surface area contributed by atoms with Crippen LogP contribution in [0.2, 0.25) is 0 Å². The molecule has 0 amide bonds. The third kappa shape index (κ3) is 6.00. The van der Waals surface area contributed by atoms with Gasteiger partial charge in [-0.15, -0.1) is 0 Å². The lowest BCUT2D eigenvalue weighted by Crippen LogP contribution is -2.57. The van der Waals surface area contributed by atoms with Gasteiger partial charge in [0.25, 0.3) is 0 Å². The number of ether oxygens (including phenoxy) is 1. The molecule has 5 rings (SSSR count). The van der Waals surface area contributed by atoms with E-state index < -0.39 is 23.6 Å². The van der Waals surface area contributed by atoms with Gasteiger partial charge in [0.05, 0.1) is 30.8 Å². The molecule has 0 spiro atoms. The van der Waals surface area contributed by atoms with Crippen LogP contribution in [0.25, 0.3) is 22.9 Å². The van der Waals surface area contributed by atoms with Crippen molar-refractivity contribution in [3.63, 3.8) is 0 Å². The summed E-state index contributed by atoms with van der Waals surface area (Å²) in [4.78, 5) is 24.0. The molecule has 40 heavy (non-hydrogen) atoms. The molecule has 1 N–H and O–H groups in total. The maximum absolute atomic E-state index is 15.1. The Morgan fingerprint density at radius 3 is 2.65 bits per heavy atom. The number of carbonyl (C=O) groups is 1. The van der Waals surface area contributed by atoms with E-state index >= 15 is 4.39 Å². The number of hydrogen-bond acceptors (Lipinski definition) is 9. The average molecular weight is 554 g/mol. The van der Waals surface area contributed by atoms with Gasteiger partial charge >= 0.3 is 5.97 Å².